The van der Waals surface area contributed by atoms with Crippen LogP contribution in [-0.4, -0.2) is 16.9 Å². The van der Waals surface area contributed by atoms with Crippen LogP contribution in [0.25, 0.3) is 21.2 Å². The molecule has 116 valence electrons. The van der Waals surface area contributed by atoms with E-state index in [0.29, 0.717) is 22.2 Å². The van der Waals surface area contributed by atoms with Gasteiger partial charge < -0.3 is 19.7 Å². The molecule has 6 nitrogen and oxygen atoms in total. The van der Waals surface area contributed by atoms with Gasteiger partial charge in [0, 0.05) is 11.5 Å². The summed E-state index contributed by atoms with van der Waals surface area (Å²) in [6.07, 6.45) is 0. The maximum absolute atomic E-state index is 5.69. The second kappa shape index (κ2) is 5.44. The highest BCUT2D eigenvalue weighted by Crippen LogP contribution is 2.28. The van der Waals surface area contributed by atoms with Crippen molar-refractivity contribution in [2.45, 2.75) is 6.92 Å². The maximum atomic E-state index is 5.69. The molecule has 0 aliphatic rings. The van der Waals surface area contributed by atoms with Crippen LogP contribution in [0.2, 0.25) is 0 Å². The van der Waals surface area contributed by atoms with Crippen LogP contribution in [-0.2, 0) is 0 Å². The minimum absolute atomic E-state index is 0.0957. The van der Waals surface area contributed by atoms with Gasteiger partial charge >= 0.3 is 0 Å². The number of hydrogen-bond acceptors (Lipinski definition) is 7. The number of nitrogens with zero attached hydrogens (tertiary/aromatic N) is 2. The minimum atomic E-state index is 0.0957. The molecule has 0 amide bonds. The fourth-order valence-electron chi connectivity index (χ4n) is 2.31. The molecule has 0 radical (unpaired) electrons. The number of rotatable bonds is 4. The van der Waals surface area contributed by atoms with Crippen molar-refractivity contribution in [2.24, 2.45) is 0 Å². The zero-order chi connectivity index (χ0) is 15.8. The van der Waals surface area contributed by atoms with E-state index >= 15 is 0 Å². The van der Waals surface area contributed by atoms with Gasteiger partial charge in [0.05, 0.1) is 15.9 Å². The molecule has 0 bridgehead atoms. The number of aromatic nitrogens is 2. The largest absolute Gasteiger partial charge is 0.457 e. The zero-order valence-electron chi connectivity index (χ0n) is 12.3. The average molecular weight is 327 g/mol. The molecule has 0 unspecified atom stereocenters. The lowest BCUT2D eigenvalue weighted by molar-refractivity contribution is 0.120. The fourth-order valence-corrected chi connectivity index (χ4v) is 3.07. The summed E-state index contributed by atoms with van der Waals surface area (Å²) in [5, 5.41) is 5.44. The monoisotopic (exact) mass is 327 g/mol. The van der Waals surface area contributed by atoms with Gasteiger partial charge in [-0.25, -0.2) is 4.98 Å². The summed E-state index contributed by atoms with van der Waals surface area (Å²) in [5.74, 6) is 1.37. The van der Waals surface area contributed by atoms with E-state index in [1.807, 2.05) is 37.3 Å². The van der Waals surface area contributed by atoms with Crippen LogP contribution in [0.3, 0.4) is 0 Å². The number of hydrogen-bond donors (Lipinski definition) is 1. The second-order valence-corrected chi connectivity index (χ2v) is 6.08. The van der Waals surface area contributed by atoms with Crippen LogP contribution in [0.5, 0.6) is 11.5 Å². The van der Waals surface area contributed by atoms with Crippen molar-refractivity contribution in [3.63, 3.8) is 0 Å². The number of benzene rings is 2. The van der Waals surface area contributed by atoms with Gasteiger partial charge in [0.1, 0.15) is 11.5 Å². The molecule has 2 heterocycles. The number of anilines is 1. The fraction of sp³-hybridized carbons (Fsp3) is 0.125. The Labute approximate surface area is 135 Å². The maximum Gasteiger partial charge on any atom is 0.230 e. The van der Waals surface area contributed by atoms with Crippen molar-refractivity contribution in [3.05, 3.63) is 42.1 Å². The quantitative estimate of drug-likeness (QED) is 0.575. The first-order valence-electron chi connectivity index (χ1n) is 6.97. The number of nitrogens with two attached hydrogens (primary N) is 1. The number of aryl methyl sites for hydroxylation is 1. The first-order valence-corrected chi connectivity index (χ1v) is 7.78. The molecule has 23 heavy (non-hydrogen) atoms. The Morgan fingerprint density at radius 3 is 2.78 bits per heavy atom. The van der Waals surface area contributed by atoms with Crippen molar-refractivity contribution in [3.8, 4) is 11.5 Å². The lowest BCUT2D eigenvalue weighted by atomic mass is 10.2. The van der Waals surface area contributed by atoms with Gasteiger partial charge in [0.2, 0.25) is 6.79 Å². The van der Waals surface area contributed by atoms with Crippen molar-refractivity contribution in [2.75, 3.05) is 12.5 Å². The SMILES string of the molecule is Cc1noc2cc(OCOc3ccc4nc(N)sc4c3)ccc12. The van der Waals surface area contributed by atoms with E-state index in [-0.39, 0.29) is 6.79 Å². The molecule has 7 heteroatoms. The van der Waals surface area contributed by atoms with Crippen LogP contribution < -0.4 is 15.2 Å². The standard InChI is InChI=1S/C16H13N3O3S/c1-9-12-4-2-10(6-14(12)22-19-9)20-8-21-11-3-5-13-15(7-11)23-16(17)18-13/h2-7H,8H2,1H3,(H2,17,18). The third-order valence-electron chi connectivity index (χ3n) is 3.45. The van der Waals surface area contributed by atoms with Crippen LogP contribution in [0.1, 0.15) is 5.69 Å². The van der Waals surface area contributed by atoms with E-state index in [2.05, 4.69) is 10.1 Å². The molecule has 0 saturated carbocycles. The van der Waals surface area contributed by atoms with Gasteiger partial charge in [0.25, 0.3) is 0 Å². The third kappa shape index (κ3) is 2.66. The Balaban J connectivity index is 1.44. The van der Waals surface area contributed by atoms with Crippen LogP contribution in [0.15, 0.2) is 40.9 Å². The third-order valence-corrected chi connectivity index (χ3v) is 4.30. The highest BCUT2D eigenvalue weighted by atomic mass is 32.1. The van der Waals surface area contributed by atoms with Gasteiger partial charge in [-0.1, -0.05) is 16.5 Å². The van der Waals surface area contributed by atoms with Crippen LogP contribution in [0.4, 0.5) is 5.13 Å². The molecule has 2 aromatic heterocycles. The first kappa shape index (κ1) is 13.8. The normalized spacial score (nSPS) is 11.2. The molecule has 0 atom stereocenters. The van der Waals surface area contributed by atoms with Gasteiger partial charge in [-0.3, -0.25) is 0 Å². The van der Waals surface area contributed by atoms with E-state index in [9.17, 15) is 0 Å². The number of thiazole rings is 1. The lowest BCUT2D eigenvalue weighted by Gasteiger charge is -2.08. The van der Waals surface area contributed by atoms with Crippen molar-refractivity contribution < 1.29 is 14.0 Å². The molecule has 2 aromatic carbocycles. The summed E-state index contributed by atoms with van der Waals surface area (Å²) in [6, 6.07) is 11.2. The number of nitrogen functional groups attached to an aromatic ring is 1. The Kier molecular flexibility index (Phi) is 3.27. The molecule has 0 aliphatic heterocycles. The van der Waals surface area contributed by atoms with Gasteiger partial charge in [-0.05, 0) is 37.3 Å². The molecule has 4 aromatic rings. The summed E-state index contributed by atoms with van der Waals surface area (Å²) >= 11 is 1.43. The topological polar surface area (TPSA) is 83.4 Å². The highest BCUT2D eigenvalue weighted by molar-refractivity contribution is 7.22. The zero-order valence-corrected chi connectivity index (χ0v) is 13.1. The molecule has 2 N–H and O–H groups in total. The van der Waals surface area contributed by atoms with Crippen LogP contribution >= 0.6 is 11.3 Å². The van der Waals surface area contributed by atoms with E-state index in [4.69, 9.17) is 19.7 Å². The van der Waals surface area contributed by atoms with Crippen molar-refractivity contribution in [1.82, 2.24) is 10.1 Å². The predicted octanol–water partition coefficient (Wildman–Crippen LogP) is 3.74. The second-order valence-electron chi connectivity index (χ2n) is 5.01. The molecule has 0 spiro atoms. The Hall–Kier alpha value is -2.80. The molecular formula is C16H13N3O3S. The Bertz CT molecular complexity index is 982. The molecule has 0 fully saturated rings. The van der Waals surface area contributed by atoms with Gasteiger partial charge in [-0.2, -0.15) is 0 Å². The predicted molar refractivity (Wildman–Crippen MR) is 88.9 cm³/mol. The smallest absolute Gasteiger partial charge is 0.230 e. The van der Waals surface area contributed by atoms with Crippen molar-refractivity contribution >= 4 is 37.7 Å². The summed E-state index contributed by atoms with van der Waals surface area (Å²) in [5.41, 5.74) is 8.12. The van der Waals surface area contributed by atoms with E-state index in [1.165, 1.54) is 11.3 Å². The Morgan fingerprint density at radius 2 is 1.91 bits per heavy atom. The number of fused-ring (bicyclic) bond motifs is 2. The molecular weight excluding hydrogens is 314 g/mol. The van der Waals surface area contributed by atoms with E-state index < -0.39 is 0 Å². The van der Waals surface area contributed by atoms with Gasteiger partial charge in [-0.15, -0.1) is 0 Å². The lowest BCUT2D eigenvalue weighted by Crippen LogP contribution is -2.05. The Morgan fingerprint density at radius 1 is 1.13 bits per heavy atom. The molecule has 0 saturated heterocycles. The van der Waals surface area contributed by atoms with Crippen LogP contribution in [0, 0.1) is 6.92 Å². The highest BCUT2D eigenvalue weighted by Gasteiger charge is 2.06. The van der Waals surface area contributed by atoms with Crippen molar-refractivity contribution in [1.29, 1.82) is 0 Å². The summed E-state index contributed by atoms with van der Waals surface area (Å²) in [6.45, 7) is 2.00. The average Bonchev–Trinajstić information content (AvgIpc) is 3.09. The van der Waals surface area contributed by atoms with E-state index in [1.54, 1.807) is 6.07 Å². The minimum Gasteiger partial charge on any atom is -0.457 e. The first-order chi connectivity index (χ1) is 11.2. The summed E-state index contributed by atoms with van der Waals surface area (Å²) < 4.78 is 17.4. The molecule has 0 aliphatic carbocycles. The summed E-state index contributed by atoms with van der Waals surface area (Å²) in [7, 11) is 0. The van der Waals surface area contributed by atoms with Gasteiger partial charge in [0.15, 0.2) is 10.7 Å². The van der Waals surface area contributed by atoms with E-state index in [0.717, 1.165) is 21.3 Å². The number of ether oxygens (including phenoxy) is 2. The summed E-state index contributed by atoms with van der Waals surface area (Å²) in [4.78, 5) is 4.21. The molecule has 4 rings (SSSR count).